The molecule has 2 aromatic rings. The Morgan fingerprint density at radius 1 is 1.25 bits per heavy atom. The Balaban J connectivity index is 2.05. The molecule has 0 fully saturated rings. The van der Waals surface area contributed by atoms with Crippen LogP contribution >= 0.6 is 11.8 Å². The number of thioether (sulfide) groups is 1. The largest absolute Gasteiger partial charge is 0.496 e. The molecule has 0 aliphatic carbocycles. The Labute approximate surface area is 117 Å². The minimum atomic E-state index is -4.18. The lowest BCUT2D eigenvalue weighted by Crippen LogP contribution is -2.07. The average molecular weight is 304 g/mol. The van der Waals surface area contributed by atoms with E-state index in [1.54, 1.807) is 24.3 Å². The summed E-state index contributed by atoms with van der Waals surface area (Å²) in [4.78, 5) is 0. The average Bonchev–Trinajstić information content (AvgIpc) is 2.86. The zero-order valence-electron chi connectivity index (χ0n) is 10.5. The first-order valence-corrected chi connectivity index (χ1v) is 6.64. The lowest BCUT2D eigenvalue weighted by Gasteiger charge is -2.04. The highest BCUT2D eigenvalue weighted by molar-refractivity contribution is 7.99. The van der Waals surface area contributed by atoms with Gasteiger partial charge in [0.2, 0.25) is 0 Å². The molecule has 4 nitrogen and oxygen atoms in total. The number of para-hydroxylation sites is 1. The third kappa shape index (κ3) is 3.89. The maximum Gasteiger partial charge on any atom is 0.389 e. The van der Waals surface area contributed by atoms with Crippen molar-refractivity contribution in [3.8, 4) is 17.2 Å². The molecule has 0 amide bonds. The molecule has 0 unspecified atom stereocenters. The van der Waals surface area contributed by atoms with Crippen LogP contribution in [0.3, 0.4) is 0 Å². The Hall–Kier alpha value is -1.70. The number of benzene rings is 1. The van der Waals surface area contributed by atoms with Gasteiger partial charge in [0.25, 0.3) is 11.1 Å². The SMILES string of the molecule is COc1ccccc1-c1nnc(SCCC(F)(F)F)o1. The number of aromatic nitrogens is 2. The summed E-state index contributed by atoms with van der Waals surface area (Å²) in [5.74, 6) is 0.622. The lowest BCUT2D eigenvalue weighted by molar-refractivity contribution is -0.129. The van der Waals surface area contributed by atoms with Gasteiger partial charge >= 0.3 is 6.18 Å². The van der Waals surface area contributed by atoms with Crippen molar-refractivity contribution in [2.75, 3.05) is 12.9 Å². The van der Waals surface area contributed by atoms with Crippen LogP contribution in [0.4, 0.5) is 13.2 Å². The zero-order valence-corrected chi connectivity index (χ0v) is 11.3. The molecule has 0 aliphatic heterocycles. The van der Waals surface area contributed by atoms with Crippen molar-refractivity contribution in [2.24, 2.45) is 0 Å². The molecule has 0 atom stereocenters. The van der Waals surface area contributed by atoms with E-state index < -0.39 is 12.6 Å². The molecular weight excluding hydrogens is 293 g/mol. The van der Waals surface area contributed by atoms with E-state index in [1.807, 2.05) is 0 Å². The Kier molecular flexibility index (Phi) is 4.53. The number of hydrogen-bond donors (Lipinski definition) is 0. The zero-order chi connectivity index (χ0) is 14.6. The van der Waals surface area contributed by atoms with Crippen LogP contribution < -0.4 is 4.74 Å². The molecule has 108 valence electrons. The van der Waals surface area contributed by atoms with Crippen molar-refractivity contribution in [3.63, 3.8) is 0 Å². The van der Waals surface area contributed by atoms with Crippen molar-refractivity contribution in [3.05, 3.63) is 24.3 Å². The van der Waals surface area contributed by atoms with Gasteiger partial charge in [0, 0.05) is 5.75 Å². The minimum Gasteiger partial charge on any atom is -0.496 e. The molecule has 1 aromatic carbocycles. The van der Waals surface area contributed by atoms with Crippen LogP contribution in [-0.4, -0.2) is 29.2 Å². The number of alkyl halides is 3. The fraction of sp³-hybridized carbons (Fsp3) is 0.333. The Morgan fingerprint density at radius 3 is 2.70 bits per heavy atom. The van der Waals surface area contributed by atoms with Crippen molar-refractivity contribution in [1.29, 1.82) is 0 Å². The predicted octanol–water partition coefficient (Wildman–Crippen LogP) is 3.79. The molecule has 0 spiro atoms. The first-order chi connectivity index (χ1) is 9.49. The van der Waals surface area contributed by atoms with Crippen LogP contribution in [0.5, 0.6) is 5.75 Å². The summed E-state index contributed by atoms with van der Waals surface area (Å²) in [7, 11) is 1.51. The van der Waals surface area contributed by atoms with Gasteiger partial charge in [-0.25, -0.2) is 0 Å². The van der Waals surface area contributed by atoms with E-state index in [0.29, 0.717) is 11.3 Å². The number of methoxy groups -OCH3 is 1. The monoisotopic (exact) mass is 304 g/mol. The van der Waals surface area contributed by atoms with E-state index in [0.717, 1.165) is 11.8 Å². The van der Waals surface area contributed by atoms with E-state index in [4.69, 9.17) is 9.15 Å². The summed E-state index contributed by atoms with van der Waals surface area (Å²) >= 11 is 0.875. The van der Waals surface area contributed by atoms with Crippen LogP contribution in [0.1, 0.15) is 6.42 Å². The van der Waals surface area contributed by atoms with E-state index in [-0.39, 0.29) is 16.9 Å². The fourth-order valence-corrected chi connectivity index (χ4v) is 2.20. The maximum absolute atomic E-state index is 12.0. The summed E-state index contributed by atoms with van der Waals surface area (Å²) in [6.07, 6.45) is -5.08. The maximum atomic E-state index is 12.0. The van der Waals surface area contributed by atoms with Crippen molar-refractivity contribution >= 4 is 11.8 Å². The van der Waals surface area contributed by atoms with Gasteiger partial charge in [0.15, 0.2) is 0 Å². The third-order valence-electron chi connectivity index (χ3n) is 2.35. The van der Waals surface area contributed by atoms with Crippen LogP contribution in [0, 0.1) is 0 Å². The molecular formula is C12H11F3N2O2S. The topological polar surface area (TPSA) is 48.2 Å². The van der Waals surface area contributed by atoms with Gasteiger partial charge in [-0.2, -0.15) is 13.2 Å². The molecule has 0 radical (unpaired) electrons. The predicted molar refractivity (Wildman–Crippen MR) is 67.7 cm³/mol. The van der Waals surface area contributed by atoms with Crippen LogP contribution in [0.25, 0.3) is 11.5 Å². The van der Waals surface area contributed by atoms with Crippen molar-refractivity contribution < 1.29 is 22.3 Å². The van der Waals surface area contributed by atoms with Gasteiger partial charge in [0.1, 0.15) is 5.75 Å². The molecule has 0 N–H and O–H groups in total. The lowest BCUT2D eigenvalue weighted by atomic mass is 10.2. The second kappa shape index (κ2) is 6.17. The highest BCUT2D eigenvalue weighted by Crippen LogP contribution is 2.31. The normalized spacial score (nSPS) is 11.6. The highest BCUT2D eigenvalue weighted by Gasteiger charge is 2.27. The third-order valence-corrected chi connectivity index (χ3v) is 3.18. The fourth-order valence-electron chi connectivity index (χ4n) is 1.45. The standard InChI is InChI=1S/C12H11F3N2O2S/c1-18-9-5-3-2-4-8(9)10-16-17-11(19-10)20-7-6-12(13,14)15/h2-5H,6-7H2,1H3. The van der Waals surface area contributed by atoms with Gasteiger partial charge < -0.3 is 9.15 Å². The van der Waals surface area contributed by atoms with Crippen molar-refractivity contribution in [2.45, 2.75) is 17.8 Å². The highest BCUT2D eigenvalue weighted by atomic mass is 32.2. The molecule has 0 aliphatic rings. The van der Waals surface area contributed by atoms with Gasteiger partial charge in [0.05, 0.1) is 19.1 Å². The first kappa shape index (κ1) is 14.7. The molecule has 1 aromatic heterocycles. The molecule has 2 rings (SSSR count). The van der Waals surface area contributed by atoms with Gasteiger partial charge in [-0.15, -0.1) is 10.2 Å². The van der Waals surface area contributed by atoms with Crippen LogP contribution in [0.15, 0.2) is 33.9 Å². The first-order valence-electron chi connectivity index (χ1n) is 5.66. The summed E-state index contributed by atoms with van der Waals surface area (Å²) in [5.41, 5.74) is 0.602. The number of hydrogen-bond acceptors (Lipinski definition) is 5. The summed E-state index contributed by atoms with van der Waals surface area (Å²) in [6.45, 7) is 0. The molecule has 0 saturated heterocycles. The second-order valence-corrected chi connectivity index (χ2v) is 4.83. The number of nitrogens with zero attached hydrogens (tertiary/aromatic N) is 2. The quantitative estimate of drug-likeness (QED) is 0.787. The molecule has 0 bridgehead atoms. The van der Waals surface area contributed by atoms with Crippen LogP contribution in [-0.2, 0) is 0 Å². The second-order valence-electron chi connectivity index (χ2n) is 3.79. The smallest absolute Gasteiger partial charge is 0.389 e. The van der Waals surface area contributed by atoms with E-state index >= 15 is 0 Å². The number of rotatable bonds is 5. The van der Waals surface area contributed by atoms with E-state index in [1.165, 1.54) is 7.11 Å². The minimum absolute atomic E-state index is 0.107. The van der Waals surface area contributed by atoms with Crippen LogP contribution in [0.2, 0.25) is 0 Å². The molecule has 0 saturated carbocycles. The van der Waals surface area contributed by atoms with Crippen molar-refractivity contribution in [1.82, 2.24) is 10.2 Å². The molecule has 20 heavy (non-hydrogen) atoms. The Bertz CT molecular complexity index is 572. The van der Waals surface area contributed by atoms with Gasteiger partial charge in [-0.1, -0.05) is 23.9 Å². The summed E-state index contributed by atoms with van der Waals surface area (Å²) in [6, 6.07) is 7.03. The summed E-state index contributed by atoms with van der Waals surface area (Å²) in [5, 5.41) is 7.63. The van der Waals surface area contributed by atoms with E-state index in [2.05, 4.69) is 10.2 Å². The number of ether oxygens (including phenoxy) is 1. The molecule has 1 heterocycles. The summed E-state index contributed by atoms with van der Waals surface area (Å²) < 4.78 is 46.6. The van der Waals surface area contributed by atoms with Gasteiger partial charge in [-0.05, 0) is 12.1 Å². The molecule has 8 heteroatoms. The Morgan fingerprint density at radius 2 is 2.00 bits per heavy atom. The van der Waals surface area contributed by atoms with E-state index in [9.17, 15) is 13.2 Å². The number of halogens is 3. The van der Waals surface area contributed by atoms with Gasteiger partial charge in [-0.3, -0.25) is 0 Å².